The van der Waals surface area contributed by atoms with Gasteiger partial charge in [-0.25, -0.2) is 4.79 Å². The summed E-state index contributed by atoms with van der Waals surface area (Å²) in [5.41, 5.74) is 2.50. The lowest BCUT2D eigenvalue weighted by atomic mass is 10.0. The molecular weight excluding hydrogens is 342 g/mol. The second-order valence-corrected chi connectivity index (χ2v) is 7.03. The number of carbonyl (C=O) groups is 3. The van der Waals surface area contributed by atoms with E-state index in [2.05, 4.69) is 10.6 Å². The Hall–Kier alpha value is -3.15. The molecule has 0 radical (unpaired) electrons. The van der Waals surface area contributed by atoms with Crippen LogP contribution in [0.5, 0.6) is 0 Å². The Kier molecular flexibility index (Phi) is 4.62. The molecule has 2 fully saturated rings. The molecule has 27 heavy (non-hydrogen) atoms. The Morgan fingerprint density at radius 2 is 1.78 bits per heavy atom. The Morgan fingerprint density at radius 3 is 2.37 bits per heavy atom. The van der Waals surface area contributed by atoms with E-state index >= 15 is 0 Å². The molecule has 1 aliphatic heterocycles. The van der Waals surface area contributed by atoms with Crippen molar-refractivity contribution in [3.63, 3.8) is 0 Å². The van der Waals surface area contributed by atoms with Gasteiger partial charge in [-0.2, -0.15) is 0 Å². The number of benzene rings is 2. The number of imide groups is 1. The number of nitrogens with one attached hydrogen (secondary N) is 2. The summed E-state index contributed by atoms with van der Waals surface area (Å²) in [6, 6.07) is 16.7. The first kappa shape index (κ1) is 17.3. The standard InChI is InChI=1S/C21H21N3O3/c25-18-12-22-21(27)24(18)13-14-6-8-17(9-7-14)20(26)23-19(16-10-11-16)15-4-2-1-3-5-15/h1-9,16,19H,10-13H2,(H,22,27)(H,23,26). The molecule has 1 heterocycles. The lowest BCUT2D eigenvalue weighted by Crippen LogP contribution is -2.31. The van der Waals surface area contributed by atoms with Crippen LogP contribution in [0.15, 0.2) is 54.6 Å². The molecule has 1 saturated carbocycles. The van der Waals surface area contributed by atoms with Gasteiger partial charge in [0.25, 0.3) is 5.91 Å². The second kappa shape index (κ2) is 7.23. The molecule has 6 heteroatoms. The van der Waals surface area contributed by atoms with Crippen molar-refractivity contribution in [1.29, 1.82) is 0 Å². The Balaban J connectivity index is 1.43. The third-order valence-electron chi connectivity index (χ3n) is 5.03. The highest BCUT2D eigenvalue weighted by molar-refractivity contribution is 6.01. The minimum atomic E-state index is -0.378. The van der Waals surface area contributed by atoms with E-state index in [9.17, 15) is 14.4 Å². The Bertz CT molecular complexity index is 844. The minimum Gasteiger partial charge on any atom is -0.345 e. The first-order chi connectivity index (χ1) is 13.1. The molecule has 138 valence electrons. The average Bonchev–Trinajstić information content (AvgIpc) is 3.49. The van der Waals surface area contributed by atoms with Crippen molar-refractivity contribution in [1.82, 2.24) is 15.5 Å². The summed E-state index contributed by atoms with van der Waals surface area (Å²) in [5, 5.41) is 5.65. The maximum Gasteiger partial charge on any atom is 0.324 e. The largest absolute Gasteiger partial charge is 0.345 e. The molecule has 1 unspecified atom stereocenters. The second-order valence-electron chi connectivity index (χ2n) is 7.03. The molecule has 1 saturated heterocycles. The summed E-state index contributed by atoms with van der Waals surface area (Å²) >= 11 is 0. The van der Waals surface area contributed by atoms with Crippen molar-refractivity contribution in [2.45, 2.75) is 25.4 Å². The predicted molar refractivity (Wildman–Crippen MR) is 99.8 cm³/mol. The van der Waals surface area contributed by atoms with E-state index < -0.39 is 0 Å². The summed E-state index contributed by atoms with van der Waals surface area (Å²) in [5.74, 6) is 0.143. The Labute approximate surface area is 157 Å². The number of rotatable bonds is 6. The van der Waals surface area contributed by atoms with Crippen molar-refractivity contribution >= 4 is 17.8 Å². The van der Waals surface area contributed by atoms with Gasteiger partial charge in [0.1, 0.15) is 0 Å². The van der Waals surface area contributed by atoms with Crippen LogP contribution in [-0.4, -0.2) is 29.3 Å². The highest BCUT2D eigenvalue weighted by Gasteiger charge is 2.33. The summed E-state index contributed by atoms with van der Waals surface area (Å²) in [6.45, 7) is 0.253. The van der Waals surface area contributed by atoms with Crippen molar-refractivity contribution in [2.24, 2.45) is 5.92 Å². The van der Waals surface area contributed by atoms with Gasteiger partial charge in [0.15, 0.2) is 0 Å². The van der Waals surface area contributed by atoms with Gasteiger partial charge in [-0.3, -0.25) is 14.5 Å². The van der Waals surface area contributed by atoms with Crippen LogP contribution in [-0.2, 0) is 11.3 Å². The molecule has 4 rings (SSSR count). The molecule has 2 N–H and O–H groups in total. The minimum absolute atomic E-state index is 0.0318. The van der Waals surface area contributed by atoms with Gasteiger partial charge >= 0.3 is 6.03 Å². The van der Waals surface area contributed by atoms with Crippen molar-refractivity contribution < 1.29 is 14.4 Å². The van der Waals surface area contributed by atoms with E-state index in [-0.39, 0.29) is 37.0 Å². The lowest BCUT2D eigenvalue weighted by Gasteiger charge is -2.19. The summed E-state index contributed by atoms with van der Waals surface area (Å²) < 4.78 is 0. The van der Waals surface area contributed by atoms with Gasteiger partial charge in [0.2, 0.25) is 5.91 Å². The fourth-order valence-electron chi connectivity index (χ4n) is 3.35. The number of nitrogens with zero attached hydrogens (tertiary/aromatic N) is 1. The smallest absolute Gasteiger partial charge is 0.324 e. The summed E-state index contributed by atoms with van der Waals surface area (Å²) in [4.78, 5) is 37.1. The van der Waals surface area contributed by atoms with Crippen LogP contribution >= 0.6 is 0 Å². The average molecular weight is 363 g/mol. The fraction of sp³-hybridized carbons (Fsp3) is 0.286. The van der Waals surface area contributed by atoms with E-state index in [1.54, 1.807) is 24.3 Å². The van der Waals surface area contributed by atoms with E-state index in [4.69, 9.17) is 0 Å². The molecule has 4 amide bonds. The van der Waals surface area contributed by atoms with E-state index in [0.717, 1.165) is 24.0 Å². The quantitative estimate of drug-likeness (QED) is 0.775. The van der Waals surface area contributed by atoms with E-state index in [1.165, 1.54) is 4.90 Å². The maximum atomic E-state index is 12.7. The van der Waals surface area contributed by atoms with Crippen LogP contribution in [0.4, 0.5) is 4.79 Å². The zero-order chi connectivity index (χ0) is 18.8. The number of amides is 4. The zero-order valence-corrected chi connectivity index (χ0v) is 14.9. The van der Waals surface area contributed by atoms with Crippen molar-refractivity contribution in [2.75, 3.05) is 6.54 Å². The van der Waals surface area contributed by atoms with Gasteiger partial charge in [0.05, 0.1) is 19.1 Å². The van der Waals surface area contributed by atoms with Crippen LogP contribution < -0.4 is 10.6 Å². The highest BCUT2D eigenvalue weighted by Crippen LogP contribution is 2.41. The molecule has 2 aromatic rings. The van der Waals surface area contributed by atoms with E-state index in [0.29, 0.717) is 11.5 Å². The van der Waals surface area contributed by atoms with Crippen LogP contribution in [0.1, 0.15) is 40.4 Å². The van der Waals surface area contributed by atoms with Gasteiger partial charge in [-0.1, -0.05) is 42.5 Å². The molecule has 6 nitrogen and oxygen atoms in total. The molecular formula is C21H21N3O3. The highest BCUT2D eigenvalue weighted by atomic mass is 16.2. The first-order valence-electron chi connectivity index (χ1n) is 9.15. The van der Waals surface area contributed by atoms with Crippen LogP contribution in [0.3, 0.4) is 0 Å². The predicted octanol–water partition coefficient (Wildman–Crippen LogP) is 2.62. The molecule has 0 aromatic heterocycles. The van der Waals surface area contributed by atoms with E-state index in [1.807, 2.05) is 30.3 Å². The van der Waals surface area contributed by atoms with Gasteiger partial charge in [-0.05, 0) is 42.0 Å². The molecule has 2 aliphatic rings. The van der Waals surface area contributed by atoms with Crippen LogP contribution in [0, 0.1) is 5.92 Å². The molecule has 0 bridgehead atoms. The van der Waals surface area contributed by atoms with Gasteiger partial charge in [-0.15, -0.1) is 0 Å². The first-order valence-corrected chi connectivity index (χ1v) is 9.15. The topological polar surface area (TPSA) is 78.5 Å². The zero-order valence-electron chi connectivity index (χ0n) is 14.9. The molecule has 1 aliphatic carbocycles. The van der Waals surface area contributed by atoms with Crippen LogP contribution in [0.25, 0.3) is 0 Å². The number of carbonyl (C=O) groups excluding carboxylic acids is 3. The molecule has 0 spiro atoms. The number of urea groups is 1. The number of hydrogen-bond donors (Lipinski definition) is 2. The summed E-state index contributed by atoms with van der Waals surface area (Å²) in [7, 11) is 0. The van der Waals surface area contributed by atoms with Crippen molar-refractivity contribution in [3.05, 3.63) is 71.3 Å². The SMILES string of the molecule is O=C(NC(c1ccccc1)C1CC1)c1ccc(CN2C(=O)CNC2=O)cc1. The lowest BCUT2D eigenvalue weighted by molar-refractivity contribution is -0.125. The molecule has 2 aromatic carbocycles. The Morgan fingerprint density at radius 1 is 1.07 bits per heavy atom. The fourth-order valence-corrected chi connectivity index (χ4v) is 3.35. The maximum absolute atomic E-state index is 12.7. The van der Waals surface area contributed by atoms with Crippen molar-refractivity contribution in [3.8, 4) is 0 Å². The summed E-state index contributed by atoms with van der Waals surface area (Å²) in [6.07, 6.45) is 2.26. The normalized spacial score (nSPS) is 17.6. The third kappa shape index (κ3) is 3.84. The number of hydrogen-bond acceptors (Lipinski definition) is 3. The van der Waals surface area contributed by atoms with Gasteiger partial charge in [0, 0.05) is 5.56 Å². The van der Waals surface area contributed by atoms with Crippen LogP contribution in [0.2, 0.25) is 0 Å². The molecule has 1 atom stereocenters. The third-order valence-corrected chi connectivity index (χ3v) is 5.03. The monoisotopic (exact) mass is 363 g/mol. The van der Waals surface area contributed by atoms with Gasteiger partial charge < -0.3 is 10.6 Å².